The van der Waals surface area contributed by atoms with Crippen LogP contribution in [0.3, 0.4) is 0 Å². The lowest BCUT2D eigenvalue weighted by Gasteiger charge is -2.25. The van der Waals surface area contributed by atoms with Crippen molar-refractivity contribution in [3.63, 3.8) is 0 Å². The van der Waals surface area contributed by atoms with E-state index in [1.54, 1.807) is 4.90 Å². The first-order valence-corrected chi connectivity index (χ1v) is 11.9. The van der Waals surface area contributed by atoms with E-state index < -0.39 is 6.04 Å². The van der Waals surface area contributed by atoms with Gasteiger partial charge in [-0.05, 0) is 36.5 Å². The van der Waals surface area contributed by atoms with E-state index in [9.17, 15) is 9.59 Å². The number of nitrogens with one attached hydrogen (secondary N) is 1. The number of aryl methyl sites for hydroxylation is 1. The van der Waals surface area contributed by atoms with Gasteiger partial charge in [-0.3, -0.25) is 14.6 Å². The van der Waals surface area contributed by atoms with Crippen LogP contribution < -0.4 is 10.2 Å². The normalized spacial score (nSPS) is 15.5. The Hall–Kier alpha value is -3.73. The van der Waals surface area contributed by atoms with Gasteiger partial charge in [-0.25, -0.2) is 0 Å². The minimum Gasteiger partial charge on any atom is -0.324 e. The van der Waals surface area contributed by atoms with Crippen LogP contribution in [0.5, 0.6) is 0 Å². The Bertz CT molecular complexity index is 1200. The zero-order valence-corrected chi connectivity index (χ0v) is 20.0. The fraction of sp³-hybridized carbons (Fsp3) is 0.276. The summed E-state index contributed by atoms with van der Waals surface area (Å²) in [5.74, 6) is -0.0930. The number of rotatable bonds is 7. The molecule has 1 atom stereocenters. The Morgan fingerprint density at radius 2 is 1.65 bits per heavy atom. The molecule has 1 aliphatic heterocycles. The van der Waals surface area contributed by atoms with E-state index in [-0.39, 0.29) is 24.3 Å². The van der Waals surface area contributed by atoms with E-state index in [0.717, 1.165) is 34.5 Å². The summed E-state index contributed by atoms with van der Waals surface area (Å²) in [5.41, 5.74) is 5.15. The van der Waals surface area contributed by atoms with Gasteiger partial charge in [0.2, 0.25) is 5.91 Å². The number of fused-ring (bicyclic) bond motifs is 1. The second-order valence-corrected chi connectivity index (χ2v) is 8.99. The molecule has 2 amide bonds. The van der Waals surface area contributed by atoms with Crippen molar-refractivity contribution < 1.29 is 9.59 Å². The number of carbonyl (C=O) groups is 2. The lowest BCUT2D eigenvalue weighted by molar-refractivity contribution is -0.122. The van der Waals surface area contributed by atoms with Gasteiger partial charge in [0.15, 0.2) is 0 Å². The quantitative estimate of drug-likeness (QED) is 0.514. The van der Waals surface area contributed by atoms with Crippen LogP contribution in [0.15, 0.2) is 83.9 Å². The molecule has 0 fully saturated rings. The van der Waals surface area contributed by atoms with E-state index in [4.69, 9.17) is 4.99 Å². The third-order valence-corrected chi connectivity index (χ3v) is 6.00. The van der Waals surface area contributed by atoms with Gasteiger partial charge >= 0.3 is 0 Å². The SMILES string of the molecule is CCc1ccccc1NC(=O)CN1C(=O)C(CC(C)C)N=C(c2ccccc2)c2ccccc21. The monoisotopic (exact) mass is 453 g/mol. The summed E-state index contributed by atoms with van der Waals surface area (Å²) >= 11 is 0. The van der Waals surface area contributed by atoms with Gasteiger partial charge in [0, 0.05) is 16.8 Å². The van der Waals surface area contributed by atoms with Crippen molar-refractivity contribution in [3.05, 3.63) is 95.6 Å². The zero-order valence-electron chi connectivity index (χ0n) is 20.0. The predicted octanol–water partition coefficient (Wildman–Crippen LogP) is 5.49. The molecule has 4 rings (SSSR count). The van der Waals surface area contributed by atoms with Crippen molar-refractivity contribution in [2.75, 3.05) is 16.8 Å². The van der Waals surface area contributed by atoms with Crippen molar-refractivity contribution in [3.8, 4) is 0 Å². The van der Waals surface area contributed by atoms with Crippen LogP contribution in [0.2, 0.25) is 0 Å². The number of aliphatic imine (C=N–C) groups is 1. The predicted molar refractivity (Wildman–Crippen MR) is 139 cm³/mol. The summed E-state index contributed by atoms with van der Waals surface area (Å²) in [7, 11) is 0. The van der Waals surface area contributed by atoms with Gasteiger partial charge in [0.05, 0.1) is 11.4 Å². The highest BCUT2D eigenvalue weighted by Gasteiger charge is 2.33. The summed E-state index contributed by atoms with van der Waals surface area (Å²) in [4.78, 5) is 33.5. The van der Waals surface area contributed by atoms with Gasteiger partial charge in [-0.1, -0.05) is 87.5 Å². The lowest BCUT2D eigenvalue weighted by atomic mass is 10.00. The molecule has 0 bridgehead atoms. The summed E-state index contributed by atoms with van der Waals surface area (Å²) in [6.07, 6.45) is 1.42. The summed E-state index contributed by atoms with van der Waals surface area (Å²) in [6.45, 7) is 6.15. The van der Waals surface area contributed by atoms with Crippen LogP contribution in [-0.2, 0) is 16.0 Å². The fourth-order valence-corrected chi connectivity index (χ4v) is 4.36. The van der Waals surface area contributed by atoms with Gasteiger partial charge in [0.1, 0.15) is 12.6 Å². The molecule has 5 heteroatoms. The van der Waals surface area contributed by atoms with E-state index in [2.05, 4.69) is 26.1 Å². The maximum atomic E-state index is 13.8. The molecule has 0 spiro atoms. The lowest BCUT2D eigenvalue weighted by Crippen LogP contribution is -2.43. The Balaban J connectivity index is 1.73. The smallest absolute Gasteiger partial charge is 0.252 e. The van der Waals surface area contributed by atoms with Crippen LogP contribution in [-0.4, -0.2) is 30.1 Å². The Labute approximate surface area is 201 Å². The summed E-state index contributed by atoms with van der Waals surface area (Å²) in [6, 6.07) is 24.9. The van der Waals surface area contributed by atoms with Crippen molar-refractivity contribution >= 4 is 28.9 Å². The molecule has 3 aromatic rings. The van der Waals surface area contributed by atoms with Crippen LogP contribution in [0.25, 0.3) is 0 Å². The number of carbonyl (C=O) groups excluding carboxylic acids is 2. The topological polar surface area (TPSA) is 61.8 Å². The molecule has 5 nitrogen and oxygen atoms in total. The maximum Gasteiger partial charge on any atom is 0.252 e. The summed E-state index contributed by atoms with van der Waals surface area (Å²) in [5, 5.41) is 3.01. The molecule has 0 radical (unpaired) electrons. The molecule has 0 saturated heterocycles. The molecular weight excluding hydrogens is 422 g/mol. The molecule has 1 unspecified atom stereocenters. The largest absolute Gasteiger partial charge is 0.324 e. The highest BCUT2D eigenvalue weighted by molar-refractivity contribution is 6.21. The number of nitrogens with zero attached hydrogens (tertiary/aromatic N) is 2. The third-order valence-electron chi connectivity index (χ3n) is 6.00. The molecule has 0 aliphatic carbocycles. The summed E-state index contributed by atoms with van der Waals surface area (Å²) < 4.78 is 0. The van der Waals surface area contributed by atoms with E-state index >= 15 is 0 Å². The Morgan fingerprint density at radius 1 is 0.971 bits per heavy atom. The molecule has 1 aliphatic rings. The van der Waals surface area contributed by atoms with Crippen LogP contribution in [0.1, 0.15) is 43.9 Å². The molecule has 0 saturated carbocycles. The molecule has 34 heavy (non-hydrogen) atoms. The van der Waals surface area contributed by atoms with Crippen molar-refractivity contribution in [2.45, 2.75) is 39.7 Å². The van der Waals surface area contributed by atoms with E-state index in [1.165, 1.54) is 0 Å². The average Bonchev–Trinajstić information content (AvgIpc) is 2.95. The molecular formula is C29H31N3O2. The molecule has 1 N–H and O–H groups in total. The van der Waals surface area contributed by atoms with Crippen molar-refractivity contribution in [1.29, 1.82) is 0 Å². The van der Waals surface area contributed by atoms with Crippen LogP contribution in [0, 0.1) is 5.92 Å². The number of benzene rings is 3. The van der Waals surface area contributed by atoms with Gasteiger partial charge in [0.25, 0.3) is 5.91 Å². The first kappa shape index (κ1) is 23.4. The minimum absolute atomic E-state index is 0.0694. The highest BCUT2D eigenvalue weighted by Crippen LogP contribution is 2.30. The first-order chi connectivity index (χ1) is 16.5. The standard InChI is InChI=1S/C29H31N3O2/c1-4-21-12-8-10-16-24(21)30-27(33)19-32-26-17-11-9-15-23(26)28(22-13-6-5-7-14-22)31-25(29(32)34)18-20(2)3/h5-17,20,25H,4,18-19H2,1-3H3,(H,30,33). The number of amides is 2. The van der Waals surface area contributed by atoms with Crippen LogP contribution in [0.4, 0.5) is 11.4 Å². The molecule has 0 aromatic heterocycles. The van der Waals surface area contributed by atoms with Crippen molar-refractivity contribution in [2.24, 2.45) is 10.9 Å². The number of hydrogen-bond acceptors (Lipinski definition) is 3. The maximum absolute atomic E-state index is 13.8. The number of benzodiazepines with no additional fused rings is 1. The van der Waals surface area contributed by atoms with Crippen molar-refractivity contribution in [1.82, 2.24) is 0 Å². The molecule has 1 heterocycles. The van der Waals surface area contributed by atoms with Gasteiger partial charge in [-0.15, -0.1) is 0 Å². The number of hydrogen-bond donors (Lipinski definition) is 1. The van der Waals surface area contributed by atoms with Gasteiger partial charge in [-0.2, -0.15) is 0 Å². The number of anilines is 2. The third kappa shape index (κ3) is 5.09. The van der Waals surface area contributed by atoms with E-state index in [0.29, 0.717) is 12.1 Å². The number of para-hydroxylation sites is 2. The van der Waals surface area contributed by atoms with Crippen LogP contribution >= 0.6 is 0 Å². The first-order valence-electron chi connectivity index (χ1n) is 11.9. The highest BCUT2D eigenvalue weighted by atomic mass is 16.2. The Morgan fingerprint density at radius 3 is 2.38 bits per heavy atom. The fourth-order valence-electron chi connectivity index (χ4n) is 4.36. The molecule has 3 aromatic carbocycles. The molecule has 174 valence electrons. The second kappa shape index (κ2) is 10.5. The Kier molecular flexibility index (Phi) is 7.21. The van der Waals surface area contributed by atoms with Gasteiger partial charge < -0.3 is 10.2 Å². The average molecular weight is 454 g/mol. The zero-order chi connectivity index (χ0) is 24.1. The van der Waals surface area contributed by atoms with E-state index in [1.807, 2.05) is 78.9 Å². The second-order valence-electron chi connectivity index (χ2n) is 8.99. The minimum atomic E-state index is -0.557.